The minimum atomic E-state index is -2.32. The van der Waals surface area contributed by atoms with Crippen molar-refractivity contribution in [3.63, 3.8) is 0 Å². The van der Waals surface area contributed by atoms with E-state index in [4.69, 9.17) is 13.3 Å². The lowest BCUT2D eigenvalue weighted by molar-refractivity contribution is -0.140. The van der Waals surface area contributed by atoms with E-state index in [1.54, 1.807) is 0 Å². The molecule has 191 valence electrons. The van der Waals surface area contributed by atoms with Crippen molar-refractivity contribution >= 4 is 23.6 Å². The SMILES string of the molecule is CCO[Si](OCC)C(C)(CC)C(=O)O[Si](C1CCCCC1)(C1CCCCC1)C1CCCCC1. The van der Waals surface area contributed by atoms with Crippen LogP contribution < -0.4 is 0 Å². The van der Waals surface area contributed by atoms with E-state index in [0.29, 0.717) is 29.8 Å². The van der Waals surface area contributed by atoms with Gasteiger partial charge in [0, 0.05) is 13.2 Å². The lowest BCUT2D eigenvalue weighted by Gasteiger charge is -2.52. The molecule has 0 spiro atoms. The Morgan fingerprint density at radius 3 is 1.39 bits per heavy atom. The van der Waals surface area contributed by atoms with Crippen molar-refractivity contribution in [3.05, 3.63) is 0 Å². The van der Waals surface area contributed by atoms with E-state index in [2.05, 4.69) is 13.8 Å². The van der Waals surface area contributed by atoms with Gasteiger partial charge in [-0.2, -0.15) is 0 Å². The average molecular weight is 496 g/mol. The summed E-state index contributed by atoms with van der Waals surface area (Å²) in [5.41, 5.74) is 1.99. The van der Waals surface area contributed by atoms with Gasteiger partial charge in [0.1, 0.15) is 5.04 Å². The van der Waals surface area contributed by atoms with Gasteiger partial charge in [-0.1, -0.05) is 64.7 Å². The average Bonchev–Trinajstić information content (AvgIpc) is 2.88. The highest BCUT2D eigenvalue weighted by Gasteiger charge is 2.59. The predicted molar refractivity (Wildman–Crippen MR) is 140 cm³/mol. The molecule has 3 fully saturated rings. The largest absolute Gasteiger partial charge is 0.518 e. The van der Waals surface area contributed by atoms with Crippen molar-refractivity contribution in [1.29, 1.82) is 0 Å². The monoisotopic (exact) mass is 495 g/mol. The Kier molecular flexibility index (Phi) is 11.0. The zero-order valence-corrected chi connectivity index (χ0v) is 24.1. The molecule has 0 N–H and O–H groups in total. The van der Waals surface area contributed by atoms with Gasteiger partial charge in [-0.05, 0) is 82.3 Å². The van der Waals surface area contributed by atoms with E-state index in [-0.39, 0.29) is 5.97 Å². The van der Waals surface area contributed by atoms with Gasteiger partial charge in [0.15, 0.2) is 0 Å². The van der Waals surface area contributed by atoms with E-state index in [1.807, 2.05) is 13.8 Å². The fraction of sp³-hybridized carbons (Fsp3) is 0.963. The Bertz CT molecular complexity index is 531. The summed E-state index contributed by atoms with van der Waals surface area (Å²) in [6, 6.07) is 0. The van der Waals surface area contributed by atoms with E-state index >= 15 is 0 Å². The van der Waals surface area contributed by atoms with Gasteiger partial charge < -0.3 is 13.3 Å². The minimum absolute atomic E-state index is 0.0363. The number of hydrogen-bond acceptors (Lipinski definition) is 4. The number of hydrogen-bond donors (Lipinski definition) is 0. The molecule has 4 nitrogen and oxygen atoms in total. The van der Waals surface area contributed by atoms with Gasteiger partial charge in [-0.3, -0.25) is 4.79 Å². The fourth-order valence-corrected chi connectivity index (χ4v) is 16.0. The van der Waals surface area contributed by atoms with Crippen LogP contribution in [0.4, 0.5) is 0 Å². The number of carbonyl (C=O) groups excluding carboxylic acids is 1. The molecule has 1 atom stereocenters. The first kappa shape index (κ1) is 27.4. The molecule has 6 heteroatoms. The summed E-state index contributed by atoms with van der Waals surface area (Å²) in [7, 11) is -4.07. The van der Waals surface area contributed by atoms with Gasteiger partial charge >= 0.3 is 9.28 Å². The van der Waals surface area contributed by atoms with Crippen molar-refractivity contribution in [2.75, 3.05) is 13.2 Å². The molecule has 0 saturated heterocycles. The molecule has 33 heavy (non-hydrogen) atoms. The van der Waals surface area contributed by atoms with Crippen molar-refractivity contribution in [2.24, 2.45) is 0 Å². The minimum Gasteiger partial charge on any atom is -0.518 e. The zero-order chi connectivity index (χ0) is 23.7. The summed E-state index contributed by atoms with van der Waals surface area (Å²) in [5.74, 6) is 0.0363. The molecular formula is C27H51O4Si2. The van der Waals surface area contributed by atoms with Gasteiger partial charge in [0.25, 0.3) is 14.3 Å². The molecule has 0 aromatic carbocycles. The van der Waals surface area contributed by atoms with Gasteiger partial charge in [-0.15, -0.1) is 0 Å². The molecule has 0 heterocycles. The highest BCUT2D eigenvalue weighted by atomic mass is 28.4. The first-order valence-corrected chi connectivity index (χ1v) is 17.8. The van der Waals surface area contributed by atoms with E-state index in [1.165, 1.54) is 96.3 Å². The Labute approximate surface area is 206 Å². The van der Waals surface area contributed by atoms with Crippen LogP contribution in [-0.4, -0.2) is 36.8 Å². The van der Waals surface area contributed by atoms with Crippen LogP contribution in [0.15, 0.2) is 0 Å². The maximum Gasteiger partial charge on any atom is 0.402 e. The third-order valence-electron chi connectivity index (χ3n) is 9.16. The van der Waals surface area contributed by atoms with Crippen molar-refractivity contribution in [2.45, 2.75) is 152 Å². The maximum atomic E-state index is 14.3. The topological polar surface area (TPSA) is 44.8 Å². The van der Waals surface area contributed by atoms with Crippen LogP contribution in [0.2, 0.25) is 21.7 Å². The van der Waals surface area contributed by atoms with Crippen LogP contribution in [0, 0.1) is 0 Å². The van der Waals surface area contributed by atoms with Gasteiger partial charge in [0.2, 0.25) is 0 Å². The van der Waals surface area contributed by atoms with Crippen LogP contribution >= 0.6 is 0 Å². The Morgan fingerprint density at radius 2 is 1.09 bits per heavy atom. The quantitative estimate of drug-likeness (QED) is 0.271. The standard InChI is InChI=1S/C27H51O4Si2/c1-5-27(4,32(29-6-2)30-7-3)26(28)31-33(23-17-11-8-12-18-23,24-19-13-9-14-20-24)25-21-15-10-16-22-25/h23-25H,5-22H2,1-4H3. The smallest absolute Gasteiger partial charge is 0.402 e. The molecule has 0 aliphatic heterocycles. The molecule has 1 radical (unpaired) electrons. The summed E-state index contributed by atoms with van der Waals surface area (Å²) in [6.07, 6.45) is 20.5. The van der Waals surface area contributed by atoms with Crippen molar-refractivity contribution < 1.29 is 18.1 Å². The molecule has 0 aromatic rings. The van der Waals surface area contributed by atoms with Crippen LogP contribution in [0.1, 0.15) is 130 Å². The lowest BCUT2D eigenvalue weighted by atomic mass is 9.98. The third-order valence-corrected chi connectivity index (χ3v) is 17.8. The second-order valence-electron chi connectivity index (χ2n) is 11.1. The summed E-state index contributed by atoms with van der Waals surface area (Å²) < 4.78 is 19.5. The summed E-state index contributed by atoms with van der Waals surface area (Å²) in [4.78, 5) is 14.3. The van der Waals surface area contributed by atoms with Gasteiger partial charge in [-0.25, -0.2) is 0 Å². The first-order valence-electron chi connectivity index (χ1n) is 14.4. The number of carbonyl (C=O) groups is 1. The zero-order valence-electron chi connectivity index (χ0n) is 22.1. The summed E-state index contributed by atoms with van der Waals surface area (Å²) in [5, 5.41) is -0.646. The molecular weight excluding hydrogens is 444 g/mol. The van der Waals surface area contributed by atoms with Crippen molar-refractivity contribution in [3.8, 4) is 0 Å². The van der Waals surface area contributed by atoms with Gasteiger partial charge in [0.05, 0.1) is 0 Å². The van der Waals surface area contributed by atoms with Crippen LogP contribution in [0.3, 0.4) is 0 Å². The Balaban J connectivity index is 2.00. The Morgan fingerprint density at radius 1 is 0.727 bits per heavy atom. The molecule has 3 aliphatic carbocycles. The van der Waals surface area contributed by atoms with E-state index in [9.17, 15) is 4.79 Å². The van der Waals surface area contributed by atoms with Crippen molar-refractivity contribution in [1.82, 2.24) is 0 Å². The maximum absolute atomic E-state index is 14.3. The molecule has 3 saturated carbocycles. The molecule has 3 rings (SSSR count). The Hall–Kier alpha value is -0.176. The number of rotatable bonds is 11. The van der Waals surface area contributed by atoms with E-state index < -0.39 is 22.6 Å². The second-order valence-corrected chi connectivity index (χ2v) is 17.7. The highest BCUT2D eigenvalue weighted by Crippen LogP contribution is 2.58. The fourth-order valence-electron chi connectivity index (χ4n) is 7.18. The summed E-state index contributed by atoms with van der Waals surface area (Å²) >= 11 is 0. The van der Waals surface area contributed by atoms with Crippen LogP contribution in [0.5, 0.6) is 0 Å². The first-order chi connectivity index (χ1) is 16.0. The summed E-state index contributed by atoms with van der Waals surface area (Å²) in [6.45, 7) is 9.40. The highest BCUT2D eigenvalue weighted by molar-refractivity contribution is 6.80. The lowest BCUT2D eigenvalue weighted by Crippen LogP contribution is -2.57. The van der Waals surface area contributed by atoms with Crippen LogP contribution in [0.25, 0.3) is 0 Å². The normalized spacial score (nSPS) is 24.0. The predicted octanol–water partition coefficient (Wildman–Crippen LogP) is 8.21. The molecule has 0 bridgehead atoms. The molecule has 0 amide bonds. The second kappa shape index (κ2) is 13.2. The van der Waals surface area contributed by atoms with E-state index in [0.717, 1.165) is 6.42 Å². The molecule has 1 unspecified atom stereocenters. The third kappa shape index (κ3) is 6.15. The molecule has 0 aromatic heterocycles. The molecule has 3 aliphatic rings. The van der Waals surface area contributed by atoms with Crippen LogP contribution in [-0.2, 0) is 18.1 Å².